The second kappa shape index (κ2) is 29.4. The van der Waals surface area contributed by atoms with Gasteiger partial charge in [-0.1, -0.05) is 0 Å². The maximum atomic E-state index is 11.9. The number of ether oxygens (including phenoxy) is 12. The van der Waals surface area contributed by atoms with E-state index in [-0.39, 0.29) is 19.4 Å². The molecule has 6 heterocycles. The zero-order chi connectivity index (χ0) is 58.4. The van der Waals surface area contributed by atoms with Crippen molar-refractivity contribution >= 4 is 13.7 Å². The van der Waals surface area contributed by atoms with Crippen molar-refractivity contribution in [1.29, 1.82) is 0 Å². The summed E-state index contributed by atoms with van der Waals surface area (Å²) in [5.74, 6) is -0.404. The third-order valence-electron chi connectivity index (χ3n) is 13.8. The minimum Gasteiger partial charge on any atom is -0.394 e. The molecule has 0 aromatic rings. The van der Waals surface area contributed by atoms with Crippen molar-refractivity contribution in [3.8, 4) is 0 Å². The quantitative estimate of drug-likeness (QED) is 0.0185. The highest BCUT2D eigenvalue weighted by molar-refractivity contribution is 7.46. The van der Waals surface area contributed by atoms with Crippen molar-refractivity contribution in [1.82, 2.24) is 5.32 Å². The molecule has 0 aliphatic carbocycles. The van der Waals surface area contributed by atoms with Crippen molar-refractivity contribution < 1.29 is 177 Å². The largest absolute Gasteiger partial charge is 0.469 e. The van der Waals surface area contributed by atoms with Crippen LogP contribution in [0.4, 0.5) is 0 Å². The summed E-state index contributed by atoms with van der Waals surface area (Å²) in [6.45, 7) is -5.89. The minimum absolute atomic E-state index is 0.0186. The first-order valence-electron chi connectivity index (χ1n) is 24.6. The van der Waals surface area contributed by atoms with E-state index in [2.05, 4.69) is 14.7 Å². The van der Waals surface area contributed by atoms with Gasteiger partial charge in [-0.25, -0.2) is 9.45 Å². The summed E-state index contributed by atoms with van der Waals surface area (Å²) in [7, 11) is -3.84. The van der Waals surface area contributed by atoms with Gasteiger partial charge in [0.1, 0.15) is 153 Å². The lowest BCUT2D eigenvalue weighted by Crippen LogP contribution is -2.67. The number of amides is 1. The summed E-state index contributed by atoms with van der Waals surface area (Å²) in [5.41, 5.74) is 0. The summed E-state index contributed by atoms with van der Waals surface area (Å²) < 4.78 is 83.8. The van der Waals surface area contributed by atoms with E-state index in [1.807, 2.05) is 0 Å². The van der Waals surface area contributed by atoms with Gasteiger partial charge in [-0.2, -0.15) is 0 Å². The number of aliphatic hydroxyl groups excluding tert-OH is 17. The van der Waals surface area contributed by atoms with Crippen molar-refractivity contribution in [2.45, 2.75) is 197 Å². The lowest BCUT2D eigenvalue weighted by atomic mass is 9.96. The van der Waals surface area contributed by atoms with Gasteiger partial charge in [0, 0.05) is 13.5 Å². The van der Waals surface area contributed by atoms with Crippen LogP contribution in [-0.2, 0) is 75.6 Å². The van der Waals surface area contributed by atoms with E-state index in [9.17, 15) is 106 Å². The maximum absolute atomic E-state index is 11.9. The third kappa shape index (κ3) is 16.0. The Hall–Kier alpha value is -1.66. The van der Waals surface area contributed by atoms with Crippen LogP contribution in [0.5, 0.6) is 0 Å². The van der Waals surface area contributed by atoms with Gasteiger partial charge >= 0.3 is 7.82 Å². The average Bonchev–Trinajstić information content (AvgIpc) is 3.55. The van der Waals surface area contributed by atoms with Gasteiger partial charge in [0.15, 0.2) is 37.7 Å². The normalized spacial score (nSPS) is 47.2. The van der Waals surface area contributed by atoms with Crippen LogP contribution in [0.25, 0.3) is 0 Å². The minimum atomic E-state index is -5.21. The lowest BCUT2D eigenvalue weighted by Gasteiger charge is -2.48. The first-order chi connectivity index (χ1) is 37.3. The highest BCUT2D eigenvalue weighted by Gasteiger charge is 2.56. The van der Waals surface area contributed by atoms with Crippen LogP contribution in [0.15, 0.2) is 0 Å². The zero-order valence-electron chi connectivity index (χ0n) is 41.6. The maximum Gasteiger partial charge on any atom is 0.469 e. The molecular weight excluding hydrogens is 1110 g/mol. The molecule has 6 aliphatic rings. The molecule has 1 amide bonds. The summed E-state index contributed by atoms with van der Waals surface area (Å²) in [6.07, 6.45) is -59.1. The van der Waals surface area contributed by atoms with E-state index in [1.54, 1.807) is 0 Å². The number of rotatable bonds is 24. The van der Waals surface area contributed by atoms with E-state index in [1.165, 1.54) is 7.05 Å². The molecule has 6 saturated heterocycles. The number of carbonyl (C=O) groups is 1. The molecule has 462 valence electrons. The Morgan fingerprint density at radius 3 is 1.29 bits per heavy atom. The molecule has 37 nitrogen and oxygen atoms in total. The summed E-state index contributed by atoms with van der Waals surface area (Å²) >= 11 is 0. The van der Waals surface area contributed by atoms with Gasteiger partial charge in [0.2, 0.25) is 5.91 Å². The van der Waals surface area contributed by atoms with Crippen molar-refractivity contribution in [3.05, 3.63) is 0 Å². The lowest BCUT2D eigenvalue weighted by molar-refractivity contribution is -0.391. The fraction of sp³-hybridized carbons (Fsp3) is 0.976. The first kappa shape index (κ1) is 66.5. The summed E-state index contributed by atoms with van der Waals surface area (Å²) in [6, 6.07) is 0. The molecule has 0 saturated carbocycles. The van der Waals surface area contributed by atoms with E-state index in [0.29, 0.717) is 0 Å². The van der Waals surface area contributed by atoms with Gasteiger partial charge in [0.05, 0.1) is 39.6 Å². The molecule has 12 unspecified atom stereocenters. The van der Waals surface area contributed by atoms with Crippen molar-refractivity contribution in [3.63, 3.8) is 0 Å². The monoisotopic (exact) mass is 1190 g/mol. The number of aliphatic hydroxyl groups is 17. The Morgan fingerprint density at radius 2 is 0.810 bits per heavy atom. The molecule has 6 rings (SSSR count). The van der Waals surface area contributed by atoms with Crippen molar-refractivity contribution in [2.75, 3.05) is 53.3 Å². The van der Waals surface area contributed by atoms with E-state index in [0.717, 1.165) is 0 Å². The van der Waals surface area contributed by atoms with Crippen LogP contribution in [0.2, 0.25) is 0 Å². The molecule has 6 aliphatic heterocycles. The van der Waals surface area contributed by atoms with Crippen LogP contribution >= 0.6 is 7.82 Å². The third-order valence-corrected chi connectivity index (χ3v) is 14.3. The smallest absolute Gasteiger partial charge is 0.394 e. The molecule has 6 fully saturated rings. The molecular formula is C41H72NO36P. The number of phosphoric acid groups is 1. The predicted octanol–water partition coefficient (Wildman–Crippen LogP) is -12.9. The van der Waals surface area contributed by atoms with Gasteiger partial charge in [0.25, 0.3) is 0 Å². The van der Waals surface area contributed by atoms with E-state index in [4.69, 9.17) is 62.1 Å². The van der Waals surface area contributed by atoms with Crippen molar-refractivity contribution in [2.24, 2.45) is 0 Å². The summed E-state index contributed by atoms with van der Waals surface area (Å²) in [5, 5.41) is 195. The Balaban J connectivity index is 1.19. The van der Waals surface area contributed by atoms with Crippen LogP contribution in [-0.4, -0.2) is 345 Å². The molecule has 79 heavy (non-hydrogen) atoms. The topological polar surface area (TPSA) is 580 Å². The number of nitrogens with one attached hydrogen (secondary N) is 1. The molecule has 0 radical (unpaired) electrons. The fourth-order valence-corrected chi connectivity index (χ4v) is 9.50. The Kier molecular flexibility index (Phi) is 24.8. The number of carbonyl (C=O) groups excluding carboxylic acids is 1. The fourth-order valence-electron chi connectivity index (χ4n) is 9.15. The Bertz CT molecular complexity index is 1900. The molecule has 21 N–H and O–H groups in total. The van der Waals surface area contributed by atoms with Gasteiger partial charge in [-0.05, 0) is 6.42 Å². The highest BCUT2D eigenvalue weighted by Crippen LogP contribution is 2.39. The van der Waals surface area contributed by atoms with Crippen LogP contribution < -0.4 is 5.32 Å². The van der Waals surface area contributed by atoms with E-state index < -0.39 is 238 Å². The Labute approximate surface area is 446 Å². The molecule has 0 spiro atoms. The van der Waals surface area contributed by atoms with Gasteiger partial charge in [-0.3, -0.25) is 14.6 Å². The molecule has 38 heteroatoms. The molecule has 30 atom stereocenters. The zero-order valence-corrected chi connectivity index (χ0v) is 42.5. The SMILES string of the molecule is CNC(=O)CCCO[C@@H]1OC(CO[C@H]2OC(CO[C@H]3OC(CO)[C@@H](O)[C@H](O)C3O[C@@H]3OC(COO)[C@@H](O)[C@H](O)C3O)[C@@H](O)[C@H](O)C2O)[C@@H](O)[C@H](O[C@H]2OC(CO)[C@@H](O)[C@H](O)C2O[C@H]2OC(COP(=O)(O)O)[C@@H](O)[C@H](O)C2O)C1O. The average molecular weight is 1190 g/mol. The molecule has 0 aromatic carbocycles. The second-order valence-corrected chi connectivity index (χ2v) is 20.4. The molecule has 0 aromatic heterocycles. The summed E-state index contributed by atoms with van der Waals surface area (Å²) in [4.78, 5) is 34.3. The van der Waals surface area contributed by atoms with Gasteiger partial charge in [-0.15, -0.1) is 0 Å². The number of phosphoric ester groups is 1. The highest BCUT2D eigenvalue weighted by atomic mass is 31.2. The van der Waals surface area contributed by atoms with E-state index >= 15 is 0 Å². The van der Waals surface area contributed by atoms with Crippen LogP contribution in [0.1, 0.15) is 12.8 Å². The van der Waals surface area contributed by atoms with Gasteiger partial charge < -0.3 is 159 Å². The predicted molar refractivity (Wildman–Crippen MR) is 239 cm³/mol. The Morgan fingerprint density at radius 1 is 0.430 bits per heavy atom. The number of hydrogen-bond acceptors (Lipinski definition) is 34. The van der Waals surface area contributed by atoms with Crippen LogP contribution in [0, 0.1) is 0 Å². The van der Waals surface area contributed by atoms with Crippen LogP contribution in [0.3, 0.4) is 0 Å². The second-order valence-electron chi connectivity index (χ2n) is 19.2. The first-order valence-corrected chi connectivity index (χ1v) is 26.1. The molecule has 0 bridgehead atoms. The standard InChI is InChI=1S/C41H72NO36P/c1-42-17(45)3-2-4-65-37-32(60)33(76-41-35(28(56)19(47)12(6-44)71-41)78-39-31(59)26(54)22(50)16(75-39)10-69-79(62,63)64)23(51)14(73-37)8-66-36-29(57)24(52)20(48)13(72-36)7-67-40-34(27(55)18(46)11(5-43)70-40)77-38-30(58)25(53)21(49)15(74-38)9-68-61/h11-16,18-41,43-44,46-61H,2-10H2,1H3,(H,42,45)(H2,62,63,64)/t11?,12?,13?,14?,15?,16?,18-,19-,20-,21-,22-,23-,24+,25+,26+,27+,28+,29?,30?,31?,32?,33+,34?,35?,36+,37-,38+,39-,40+,41-/m1/s1. The number of hydrogen-bond donors (Lipinski definition) is 21.